The minimum Gasteiger partial charge on any atom is -0.507 e. The molecule has 6 atom stereocenters. The lowest BCUT2D eigenvalue weighted by atomic mass is 9.93. The van der Waals surface area contributed by atoms with E-state index in [-0.39, 0.29) is 53.4 Å². The summed E-state index contributed by atoms with van der Waals surface area (Å²) in [5.74, 6) is -5.91. The number of nitrogens with zero attached hydrogens (tertiary/aromatic N) is 2. The average Bonchev–Trinajstić information content (AvgIpc) is 3.31. The van der Waals surface area contributed by atoms with Gasteiger partial charge in [-0.1, -0.05) is 96.1 Å². The summed E-state index contributed by atoms with van der Waals surface area (Å²) >= 11 is 0. The quantitative estimate of drug-likeness (QED) is 0.0470. The van der Waals surface area contributed by atoms with E-state index in [1.54, 1.807) is 0 Å². The number of carbonyl (C=O) groups excluding carboxylic acids is 7. The smallest absolute Gasteiger partial charge is 0.257 e. The van der Waals surface area contributed by atoms with E-state index >= 15 is 0 Å². The summed E-state index contributed by atoms with van der Waals surface area (Å²) in [6.07, 6.45) is 12.1. The van der Waals surface area contributed by atoms with Crippen molar-refractivity contribution in [2.24, 2.45) is 11.5 Å². The summed E-state index contributed by atoms with van der Waals surface area (Å²) < 4.78 is 0. The zero-order chi connectivity index (χ0) is 50.3. The molecule has 13 N–H and O–H groups in total. The van der Waals surface area contributed by atoms with Crippen LogP contribution in [0.15, 0.2) is 36.4 Å². The van der Waals surface area contributed by atoms with Gasteiger partial charge < -0.3 is 68.3 Å². The van der Waals surface area contributed by atoms with Crippen molar-refractivity contribution in [1.29, 1.82) is 0 Å². The SMILES string of the molecule is CCCCCCCCCCCCCCCC(=O)N(C)[C@H](CCO)C(=O)N[C@H](N)C(=O)NCC(=O)N(C)[C@@H]1C(=O)N[C@@H](C)C(=O)N[C@H](C(=O)N[C@H](N)CO)Cc2ccc(O)c(c2)-c2cc1ccc2O. The van der Waals surface area contributed by atoms with Crippen LogP contribution in [0.25, 0.3) is 11.1 Å². The highest BCUT2D eigenvalue weighted by Gasteiger charge is 2.34. The summed E-state index contributed by atoms with van der Waals surface area (Å²) in [7, 11) is 2.70. The van der Waals surface area contributed by atoms with Crippen molar-refractivity contribution in [2.45, 2.75) is 153 Å². The highest BCUT2D eigenvalue weighted by atomic mass is 16.3. The van der Waals surface area contributed by atoms with Gasteiger partial charge in [0.05, 0.1) is 13.2 Å². The Morgan fingerprint density at radius 3 is 1.91 bits per heavy atom. The van der Waals surface area contributed by atoms with Gasteiger partial charge in [-0.15, -0.1) is 0 Å². The number of rotatable bonds is 26. The first-order valence-electron chi connectivity index (χ1n) is 23.8. The van der Waals surface area contributed by atoms with Crippen molar-refractivity contribution < 1.29 is 54.0 Å². The minimum atomic E-state index is -1.68. The summed E-state index contributed by atoms with van der Waals surface area (Å²) in [5, 5.41) is 53.2. The molecule has 3 rings (SSSR count). The molecule has 68 heavy (non-hydrogen) atoms. The van der Waals surface area contributed by atoms with Crippen molar-refractivity contribution in [2.75, 3.05) is 33.9 Å². The Hall–Kier alpha value is -5.83. The lowest BCUT2D eigenvalue weighted by Gasteiger charge is -2.30. The Morgan fingerprint density at radius 1 is 0.750 bits per heavy atom. The largest absolute Gasteiger partial charge is 0.507 e. The number of benzene rings is 2. The van der Waals surface area contributed by atoms with Gasteiger partial charge in [0.2, 0.25) is 35.4 Å². The summed E-state index contributed by atoms with van der Waals surface area (Å²) in [5.41, 5.74) is 12.5. The molecule has 2 aromatic rings. The molecular formula is C48H75N9O11. The predicted octanol–water partition coefficient (Wildman–Crippen LogP) is 1.41. The molecule has 0 aromatic heterocycles. The summed E-state index contributed by atoms with van der Waals surface area (Å²) in [4.78, 5) is 96.2. The second-order valence-electron chi connectivity index (χ2n) is 17.6. The molecule has 0 saturated heterocycles. The number of carbonyl (C=O) groups is 7. The molecule has 2 aromatic carbocycles. The van der Waals surface area contributed by atoms with E-state index in [0.717, 1.165) is 30.6 Å². The zero-order valence-electron chi connectivity index (χ0n) is 40.1. The number of amides is 7. The van der Waals surface area contributed by atoms with Crippen LogP contribution in [0.1, 0.15) is 127 Å². The molecule has 20 heteroatoms. The Balaban J connectivity index is 1.66. The molecule has 0 spiro atoms. The Kier molecular flexibility index (Phi) is 24.2. The summed E-state index contributed by atoms with van der Waals surface area (Å²) in [6, 6.07) is 3.09. The molecule has 20 nitrogen and oxygen atoms in total. The molecular weight excluding hydrogens is 879 g/mol. The monoisotopic (exact) mass is 954 g/mol. The summed E-state index contributed by atoms with van der Waals surface area (Å²) in [6.45, 7) is 1.82. The Labute approximate surface area is 399 Å². The second kappa shape index (κ2) is 29.1. The van der Waals surface area contributed by atoms with Gasteiger partial charge in [0, 0.05) is 44.7 Å². The van der Waals surface area contributed by atoms with Crippen LogP contribution in [0.3, 0.4) is 0 Å². The third-order valence-electron chi connectivity index (χ3n) is 12.1. The van der Waals surface area contributed by atoms with E-state index in [2.05, 4.69) is 33.5 Å². The van der Waals surface area contributed by atoms with E-state index < -0.39 is 91.7 Å². The first kappa shape index (κ1) is 56.5. The second-order valence-corrected chi connectivity index (χ2v) is 17.6. The lowest BCUT2D eigenvalue weighted by Crippen LogP contribution is -2.58. The fourth-order valence-electron chi connectivity index (χ4n) is 7.97. The zero-order valence-corrected chi connectivity index (χ0v) is 40.1. The van der Waals surface area contributed by atoms with Gasteiger partial charge >= 0.3 is 0 Å². The van der Waals surface area contributed by atoms with Crippen LogP contribution in [-0.4, -0.2) is 136 Å². The van der Waals surface area contributed by atoms with Gasteiger partial charge in [-0.2, -0.15) is 0 Å². The number of phenols is 2. The van der Waals surface area contributed by atoms with Crippen molar-refractivity contribution in [3.63, 3.8) is 0 Å². The van der Waals surface area contributed by atoms with Crippen molar-refractivity contribution in [3.8, 4) is 22.6 Å². The van der Waals surface area contributed by atoms with E-state index in [1.807, 2.05) is 0 Å². The van der Waals surface area contributed by atoms with E-state index in [1.165, 1.54) is 114 Å². The molecule has 7 amide bonds. The number of nitrogens with two attached hydrogens (primary N) is 2. The topological polar surface area (TPSA) is 319 Å². The number of aliphatic hydroxyl groups is 2. The molecule has 378 valence electrons. The first-order valence-corrected chi connectivity index (χ1v) is 23.8. The minimum absolute atomic E-state index is 0.0550. The lowest BCUT2D eigenvalue weighted by molar-refractivity contribution is -0.141. The predicted molar refractivity (Wildman–Crippen MR) is 255 cm³/mol. The Morgan fingerprint density at radius 2 is 1.32 bits per heavy atom. The molecule has 0 fully saturated rings. The molecule has 0 radical (unpaired) electrons. The number of aliphatic hydroxyl groups excluding tert-OH is 2. The van der Waals surface area contributed by atoms with Crippen molar-refractivity contribution in [3.05, 3.63) is 47.5 Å². The van der Waals surface area contributed by atoms with E-state index in [4.69, 9.17) is 11.5 Å². The van der Waals surface area contributed by atoms with Crippen LogP contribution in [0.4, 0.5) is 0 Å². The van der Waals surface area contributed by atoms with E-state index in [0.29, 0.717) is 12.0 Å². The molecule has 4 bridgehead atoms. The van der Waals surface area contributed by atoms with Gasteiger partial charge in [-0.05, 0) is 55.2 Å². The molecule has 1 heterocycles. The van der Waals surface area contributed by atoms with E-state index in [9.17, 15) is 54.0 Å². The van der Waals surface area contributed by atoms with Crippen LogP contribution in [0.2, 0.25) is 0 Å². The van der Waals surface area contributed by atoms with Crippen molar-refractivity contribution >= 4 is 41.4 Å². The van der Waals surface area contributed by atoms with Gasteiger partial charge in [0.1, 0.15) is 41.8 Å². The molecule has 1 aliphatic rings. The first-order chi connectivity index (χ1) is 32.4. The highest BCUT2D eigenvalue weighted by Crippen LogP contribution is 2.38. The van der Waals surface area contributed by atoms with Crippen LogP contribution in [-0.2, 0) is 40.0 Å². The Bertz CT molecular complexity index is 2000. The van der Waals surface area contributed by atoms with Crippen LogP contribution >= 0.6 is 0 Å². The van der Waals surface area contributed by atoms with Crippen LogP contribution < -0.4 is 38.1 Å². The van der Waals surface area contributed by atoms with Crippen molar-refractivity contribution in [1.82, 2.24) is 36.4 Å². The number of unbranched alkanes of at least 4 members (excludes halogenated alkanes) is 12. The normalized spacial score (nSPS) is 17.3. The number of phenolic OH excluding ortho intramolecular Hbond substituents is 2. The molecule has 0 aliphatic carbocycles. The molecule has 0 saturated carbocycles. The maximum atomic E-state index is 14.1. The molecule has 1 aliphatic heterocycles. The third kappa shape index (κ3) is 17.7. The average molecular weight is 954 g/mol. The fourth-order valence-corrected chi connectivity index (χ4v) is 7.97. The highest BCUT2D eigenvalue weighted by molar-refractivity contribution is 5.96. The van der Waals surface area contributed by atoms with Gasteiger partial charge in [-0.25, -0.2) is 0 Å². The maximum Gasteiger partial charge on any atom is 0.257 e. The maximum absolute atomic E-state index is 14.1. The molecule has 0 unspecified atom stereocenters. The van der Waals surface area contributed by atoms with Gasteiger partial charge in [0.15, 0.2) is 6.17 Å². The van der Waals surface area contributed by atoms with Gasteiger partial charge in [0.25, 0.3) is 5.91 Å². The number of hydrogen-bond acceptors (Lipinski definition) is 13. The van der Waals surface area contributed by atoms with Gasteiger partial charge in [-0.3, -0.25) is 33.6 Å². The number of fused-ring (bicyclic) bond motifs is 5. The van der Waals surface area contributed by atoms with Crippen LogP contribution in [0.5, 0.6) is 11.5 Å². The third-order valence-corrected chi connectivity index (χ3v) is 12.1. The van der Waals surface area contributed by atoms with Crippen LogP contribution in [0, 0.1) is 0 Å². The number of nitrogens with one attached hydrogen (secondary N) is 5. The standard InChI is InChI=1S/C48H75N9O11/c1-5-6-7-8-9-10-11-12-13-14-15-16-17-18-40(62)56(3)36(23-24-58)46(66)55-43(50)48(68)51-28-41(63)57(4)42-32-20-22-38(61)34(27-32)33-25-31(19-21-37(33)60)26-35(45(65)54-39(49)29-59)53-44(64)30(2)52-47(42)67/h19-22,25,27,30,35-36,39,42-43,58-61H,5-18,23-24,26,28-29,49-50H2,1-4H3,(H,51,68)(H,52,67)(H,53,64)(H,54,65)(H,55,66)/t30-,35-,36+,39-,42-,43-/m0/s1. The number of aromatic hydroxyl groups is 2. The number of likely N-dealkylation sites (N-methyl/N-ethyl adjacent to an activating group) is 2. The number of hydrogen-bond donors (Lipinski definition) is 11. The fraction of sp³-hybridized carbons (Fsp3) is 0.604.